The van der Waals surface area contributed by atoms with Gasteiger partial charge in [-0.1, -0.05) is 18.2 Å². The number of benzene rings is 2. The van der Waals surface area contributed by atoms with Crippen LogP contribution in [0.25, 0.3) is 0 Å². The highest BCUT2D eigenvalue weighted by Gasteiger charge is 2.35. The molecule has 0 aromatic heterocycles. The molecule has 3 N–H and O–H groups in total. The molecule has 1 fully saturated rings. The van der Waals surface area contributed by atoms with E-state index < -0.39 is 0 Å². The number of aromatic hydroxyl groups is 2. The van der Waals surface area contributed by atoms with Gasteiger partial charge in [0.25, 0.3) is 0 Å². The number of halogens is 3. The van der Waals surface area contributed by atoms with Crippen LogP contribution in [-0.2, 0) is 17.6 Å². The standard InChI is InChI=1S/C24H31FN2O3.2BrH/c1-26-15-23-19-6-7-21(28)24(29)20(19)14-22(30-23)17-9-12-27(13-10-17)11-8-16-2-4-18(25)5-3-16;;/h2-7,17,22-23,26,28-29H,8-15H2,1H3;2*1H. The molecule has 2 atom stereocenters. The minimum absolute atomic E-state index is 0. The molecule has 2 aromatic rings. The molecule has 2 aromatic carbocycles. The monoisotopic (exact) mass is 574 g/mol. The minimum atomic E-state index is -0.190. The van der Waals surface area contributed by atoms with Gasteiger partial charge in [-0.3, -0.25) is 0 Å². The predicted octanol–water partition coefficient (Wildman–Crippen LogP) is 4.55. The van der Waals surface area contributed by atoms with Crippen molar-refractivity contribution in [2.24, 2.45) is 5.92 Å². The number of hydrogen-bond donors (Lipinski definition) is 3. The molecular formula is C24H33Br2FN2O3. The van der Waals surface area contributed by atoms with E-state index >= 15 is 0 Å². The SMILES string of the molecule is Br.Br.CNCC1OC(C2CCN(CCc3ccc(F)cc3)CC2)Cc2c1ccc(O)c2O. The van der Waals surface area contributed by atoms with E-state index in [1.54, 1.807) is 6.07 Å². The van der Waals surface area contributed by atoms with Crippen LogP contribution in [0, 0.1) is 11.7 Å². The minimum Gasteiger partial charge on any atom is -0.504 e. The van der Waals surface area contributed by atoms with Gasteiger partial charge in [-0.2, -0.15) is 0 Å². The van der Waals surface area contributed by atoms with Crippen molar-refractivity contribution in [1.82, 2.24) is 10.2 Å². The fourth-order valence-electron chi connectivity index (χ4n) is 4.80. The van der Waals surface area contributed by atoms with E-state index in [1.807, 2.05) is 25.2 Å². The molecule has 2 aliphatic heterocycles. The first-order valence-electron chi connectivity index (χ1n) is 10.9. The normalized spacial score (nSPS) is 21.3. The van der Waals surface area contributed by atoms with Gasteiger partial charge < -0.3 is 25.2 Å². The fraction of sp³-hybridized carbons (Fsp3) is 0.500. The van der Waals surface area contributed by atoms with E-state index in [4.69, 9.17) is 4.74 Å². The van der Waals surface area contributed by atoms with E-state index in [2.05, 4.69) is 10.2 Å². The maximum Gasteiger partial charge on any atom is 0.161 e. The van der Waals surface area contributed by atoms with Crippen molar-refractivity contribution in [3.8, 4) is 11.5 Å². The molecule has 178 valence electrons. The van der Waals surface area contributed by atoms with Gasteiger partial charge in [0.2, 0.25) is 0 Å². The van der Waals surface area contributed by atoms with Crippen LogP contribution in [0.15, 0.2) is 36.4 Å². The Hall–Kier alpha value is -1.19. The quantitative estimate of drug-likeness (QED) is 0.441. The molecule has 4 rings (SSSR count). The number of likely N-dealkylation sites (N-methyl/N-ethyl adjacent to an activating group) is 1. The Bertz CT molecular complexity index is 861. The fourth-order valence-corrected chi connectivity index (χ4v) is 4.80. The Morgan fingerprint density at radius 3 is 2.41 bits per heavy atom. The summed E-state index contributed by atoms with van der Waals surface area (Å²) in [7, 11) is 1.90. The van der Waals surface area contributed by atoms with Gasteiger partial charge in [-0.05, 0) is 74.6 Å². The van der Waals surface area contributed by atoms with Gasteiger partial charge >= 0.3 is 0 Å². The second-order valence-corrected chi connectivity index (χ2v) is 8.48. The first-order valence-corrected chi connectivity index (χ1v) is 10.9. The molecule has 2 aliphatic rings. The number of likely N-dealkylation sites (tertiary alicyclic amines) is 1. The lowest BCUT2D eigenvalue weighted by Gasteiger charge is -2.40. The largest absolute Gasteiger partial charge is 0.504 e. The average molecular weight is 576 g/mol. The van der Waals surface area contributed by atoms with Gasteiger partial charge in [0.1, 0.15) is 5.82 Å². The molecule has 2 unspecified atom stereocenters. The Morgan fingerprint density at radius 2 is 1.75 bits per heavy atom. The highest BCUT2D eigenvalue weighted by atomic mass is 79.9. The summed E-state index contributed by atoms with van der Waals surface area (Å²) >= 11 is 0. The Kier molecular flexibility index (Phi) is 10.4. The number of phenols is 2. The number of piperidine rings is 1. The molecule has 2 heterocycles. The van der Waals surface area contributed by atoms with Crippen LogP contribution >= 0.6 is 34.0 Å². The van der Waals surface area contributed by atoms with Crippen LogP contribution in [0.2, 0.25) is 0 Å². The molecule has 1 saturated heterocycles. The molecule has 32 heavy (non-hydrogen) atoms. The maximum atomic E-state index is 13.1. The van der Waals surface area contributed by atoms with Crippen molar-refractivity contribution < 1.29 is 19.3 Å². The number of hydrogen-bond acceptors (Lipinski definition) is 5. The van der Waals surface area contributed by atoms with Crippen LogP contribution in [0.4, 0.5) is 4.39 Å². The van der Waals surface area contributed by atoms with Crippen molar-refractivity contribution in [2.75, 3.05) is 33.2 Å². The van der Waals surface area contributed by atoms with Gasteiger partial charge in [0.05, 0.1) is 12.2 Å². The van der Waals surface area contributed by atoms with Crippen LogP contribution in [0.5, 0.6) is 11.5 Å². The zero-order valence-electron chi connectivity index (χ0n) is 18.3. The predicted molar refractivity (Wildman–Crippen MR) is 135 cm³/mol. The molecule has 0 bridgehead atoms. The lowest BCUT2D eigenvalue weighted by molar-refractivity contribution is -0.0670. The second-order valence-electron chi connectivity index (χ2n) is 8.48. The Balaban J connectivity index is 0.00000181. The Morgan fingerprint density at radius 1 is 1.06 bits per heavy atom. The molecule has 0 saturated carbocycles. The molecule has 0 aliphatic carbocycles. The third-order valence-corrected chi connectivity index (χ3v) is 6.57. The summed E-state index contributed by atoms with van der Waals surface area (Å²) < 4.78 is 19.5. The van der Waals surface area contributed by atoms with E-state index in [0.717, 1.165) is 55.6 Å². The summed E-state index contributed by atoms with van der Waals surface area (Å²) in [5, 5.41) is 23.6. The number of phenolic OH excluding ortho intramolecular Hbond substituents is 2. The first-order chi connectivity index (χ1) is 14.5. The number of nitrogens with zero attached hydrogens (tertiary/aromatic N) is 1. The zero-order valence-corrected chi connectivity index (χ0v) is 21.7. The van der Waals surface area contributed by atoms with Crippen molar-refractivity contribution in [2.45, 2.75) is 37.9 Å². The third-order valence-electron chi connectivity index (χ3n) is 6.57. The first kappa shape index (κ1) is 27.1. The van der Waals surface area contributed by atoms with Crippen LogP contribution in [0.3, 0.4) is 0 Å². The summed E-state index contributed by atoms with van der Waals surface area (Å²) in [4.78, 5) is 2.46. The van der Waals surface area contributed by atoms with E-state index in [9.17, 15) is 14.6 Å². The van der Waals surface area contributed by atoms with E-state index in [0.29, 0.717) is 18.9 Å². The number of ether oxygens (including phenoxy) is 1. The van der Waals surface area contributed by atoms with Gasteiger partial charge in [0, 0.05) is 25.1 Å². The highest BCUT2D eigenvalue weighted by molar-refractivity contribution is 8.93. The van der Waals surface area contributed by atoms with Gasteiger partial charge in [-0.25, -0.2) is 4.39 Å². The number of nitrogens with one attached hydrogen (secondary N) is 1. The smallest absolute Gasteiger partial charge is 0.161 e. The van der Waals surface area contributed by atoms with Crippen molar-refractivity contribution in [1.29, 1.82) is 0 Å². The van der Waals surface area contributed by atoms with Crippen LogP contribution in [-0.4, -0.2) is 54.4 Å². The third kappa shape index (κ3) is 6.23. The molecular weight excluding hydrogens is 543 g/mol. The summed E-state index contributed by atoms with van der Waals surface area (Å²) in [5.41, 5.74) is 2.95. The van der Waals surface area contributed by atoms with E-state index in [1.165, 1.54) is 12.1 Å². The molecule has 0 spiro atoms. The van der Waals surface area contributed by atoms with Crippen molar-refractivity contribution in [3.05, 3.63) is 58.9 Å². The lowest BCUT2D eigenvalue weighted by Crippen LogP contribution is -2.42. The lowest BCUT2D eigenvalue weighted by atomic mass is 9.83. The maximum absolute atomic E-state index is 13.1. The van der Waals surface area contributed by atoms with E-state index in [-0.39, 0.29) is 63.5 Å². The van der Waals surface area contributed by atoms with Crippen LogP contribution in [0.1, 0.15) is 35.6 Å². The molecule has 8 heteroatoms. The summed E-state index contributed by atoms with van der Waals surface area (Å²) in [6.45, 7) is 3.68. The number of fused-ring (bicyclic) bond motifs is 1. The molecule has 0 radical (unpaired) electrons. The zero-order chi connectivity index (χ0) is 21.1. The molecule has 5 nitrogen and oxygen atoms in total. The second kappa shape index (κ2) is 12.3. The average Bonchev–Trinajstić information content (AvgIpc) is 2.76. The van der Waals surface area contributed by atoms with Gasteiger partial charge in [-0.15, -0.1) is 34.0 Å². The van der Waals surface area contributed by atoms with Crippen LogP contribution < -0.4 is 5.32 Å². The van der Waals surface area contributed by atoms with Crippen molar-refractivity contribution in [3.63, 3.8) is 0 Å². The summed E-state index contributed by atoms with van der Waals surface area (Å²) in [6, 6.07) is 10.2. The molecule has 0 amide bonds. The Labute approximate surface area is 210 Å². The van der Waals surface area contributed by atoms with Gasteiger partial charge in [0.15, 0.2) is 11.5 Å². The topological polar surface area (TPSA) is 65.0 Å². The summed E-state index contributed by atoms with van der Waals surface area (Å²) in [5.74, 6) is 0.178. The van der Waals surface area contributed by atoms with Crippen molar-refractivity contribution >= 4 is 34.0 Å². The number of rotatable bonds is 6. The summed E-state index contributed by atoms with van der Waals surface area (Å²) in [6.07, 6.45) is 3.59. The highest BCUT2D eigenvalue weighted by Crippen LogP contribution is 2.42.